The molecule has 0 aliphatic rings. The molecule has 1 N–H and O–H groups in total. The lowest BCUT2D eigenvalue weighted by atomic mass is 10.1. The van der Waals surface area contributed by atoms with Gasteiger partial charge in [-0.3, -0.25) is 19.7 Å². The third-order valence-corrected chi connectivity index (χ3v) is 4.19. The number of anilines is 1. The quantitative estimate of drug-likeness (QED) is 0.453. The Kier molecular flexibility index (Phi) is 6.66. The van der Waals surface area contributed by atoms with Crippen molar-refractivity contribution in [3.63, 3.8) is 0 Å². The summed E-state index contributed by atoms with van der Waals surface area (Å²) in [6, 6.07) is 8.88. The second-order valence-corrected chi connectivity index (χ2v) is 6.55. The summed E-state index contributed by atoms with van der Waals surface area (Å²) in [7, 11) is 2.52. The Morgan fingerprint density at radius 2 is 1.76 bits per heavy atom. The SMILES string of the molecule is COC(=O)c1cc(C(=O)N(C)CC(=O)Nc2cc(C)ccc2C)cc([N+](=O)[O-])c1. The number of hydrogen-bond acceptors (Lipinski definition) is 6. The molecule has 29 heavy (non-hydrogen) atoms. The van der Waals surface area contributed by atoms with Gasteiger partial charge < -0.3 is 15.0 Å². The Balaban J connectivity index is 2.19. The molecule has 0 fully saturated rings. The summed E-state index contributed by atoms with van der Waals surface area (Å²) in [6.07, 6.45) is 0. The Hall–Kier alpha value is -3.75. The highest BCUT2D eigenvalue weighted by atomic mass is 16.6. The Bertz CT molecular complexity index is 986. The van der Waals surface area contributed by atoms with Crippen molar-refractivity contribution in [1.82, 2.24) is 4.90 Å². The second kappa shape index (κ2) is 8.96. The third kappa shape index (κ3) is 5.38. The average molecular weight is 399 g/mol. The maximum Gasteiger partial charge on any atom is 0.338 e. The zero-order valence-electron chi connectivity index (χ0n) is 16.5. The fourth-order valence-electron chi connectivity index (χ4n) is 2.64. The number of benzene rings is 2. The van der Waals surface area contributed by atoms with Crippen molar-refractivity contribution in [2.45, 2.75) is 13.8 Å². The van der Waals surface area contributed by atoms with Gasteiger partial charge in [-0.1, -0.05) is 12.1 Å². The summed E-state index contributed by atoms with van der Waals surface area (Å²) >= 11 is 0. The van der Waals surface area contributed by atoms with E-state index >= 15 is 0 Å². The van der Waals surface area contributed by atoms with E-state index < -0.39 is 28.4 Å². The van der Waals surface area contributed by atoms with Crippen molar-refractivity contribution in [3.8, 4) is 0 Å². The van der Waals surface area contributed by atoms with E-state index in [1.807, 2.05) is 32.0 Å². The number of carbonyl (C=O) groups excluding carboxylic acids is 3. The normalized spacial score (nSPS) is 10.2. The minimum absolute atomic E-state index is 0.0957. The Morgan fingerprint density at radius 1 is 1.10 bits per heavy atom. The number of nitro groups is 1. The largest absolute Gasteiger partial charge is 0.465 e. The number of aryl methyl sites for hydroxylation is 2. The number of nitrogens with zero attached hydrogens (tertiary/aromatic N) is 2. The molecule has 0 aliphatic carbocycles. The summed E-state index contributed by atoms with van der Waals surface area (Å²) in [4.78, 5) is 48.2. The lowest BCUT2D eigenvalue weighted by Crippen LogP contribution is -2.35. The van der Waals surface area contributed by atoms with Crippen LogP contribution in [0.4, 0.5) is 11.4 Å². The van der Waals surface area contributed by atoms with Gasteiger partial charge >= 0.3 is 5.97 Å². The lowest BCUT2D eigenvalue weighted by Gasteiger charge is -2.18. The first-order chi connectivity index (χ1) is 13.6. The molecule has 0 saturated heterocycles. The van der Waals surface area contributed by atoms with Gasteiger partial charge in [0, 0.05) is 30.4 Å². The minimum Gasteiger partial charge on any atom is -0.465 e. The van der Waals surface area contributed by atoms with E-state index in [2.05, 4.69) is 10.1 Å². The summed E-state index contributed by atoms with van der Waals surface area (Å²) in [5, 5.41) is 13.9. The molecule has 0 bridgehead atoms. The number of likely N-dealkylation sites (N-methyl/N-ethyl adjacent to an activating group) is 1. The number of carbonyl (C=O) groups is 3. The molecule has 0 atom stereocenters. The van der Waals surface area contributed by atoms with Crippen LogP contribution in [-0.4, -0.2) is 48.3 Å². The molecule has 0 spiro atoms. The van der Waals surface area contributed by atoms with Crippen LogP contribution in [0.3, 0.4) is 0 Å². The number of ether oxygens (including phenoxy) is 1. The molecule has 9 heteroatoms. The molecule has 0 aromatic heterocycles. The molecule has 0 radical (unpaired) electrons. The molecule has 2 aromatic carbocycles. The second-order valence-electron chi connectivity index (χ2n) is 6.55. The Morgan fingerprint density at radius 3 is 2.38 bits per heavy atom. The van der Waals surface area contributed by atoms with Crippen LogP contribution in [-0.2, 0) is 9.53 Å². The van der Waals surface area contributed by atoms with E-state index in [1.165, 1.54) is 13.1 Å². The van der Waals surface area contributed by atoms with Gasteiger partial charge in [0.25, 0.3) is 11.6 Å². The van der Waals surface area contributed by atoms with E-state index in [0.29, 0.717) is 5.69 Å². The lowest BCUT2D eigenvalue weighted by molar-refractivity contribution is -0.384. The van der Waals surface area contributed by atoms with E-state index in [9.17, 15) is 24.5 Å². The van der Waals surface area contributed by atoms with E-state index in [1.54, 1.807) is 0 Å². The fraction of sp³-hybridized carbons (Fsp3) is 0.250. The van der Waals surface area contributed by atoms with Gasteiger partial charge in [-0.25, -0.2) is 4.79 Å². The summed E-state index contributed by atoms with van der Waals surface area (Å²) in [5.41, 5.74) is 1.84. The zero-order valence-corrected chi connectivity index (χ0v) is 16.5. The number of non-ortho nitro benzene ring substituents is 1. The van der Waals surface area contributed by atoms with Gasteiger partial charge in [-0.2, -0.15) is 0 Å². The molecule has 2 amide bonds. The number of nitro benzene ring substituents is 1. The highest BCUT2D eigenvalue weighted by molar-refractivity contribution is 6.01. The van der Waals surface area contributed by atoms with Crippen LogP contribution in [0.25, 0.3) is 0 Å². The number of methoxy groups -OCH3 is 1. The van der Waals surface area contributed by atoms with Gasteiger partial charge in [0.1, 0.15) is 0 Å². The third-order valence-electron chi connectivity index (χ3n) is 4.19. The number of rotatable bonds is 6. The summed E-state index contributed by atoms with van der Waals surface area (Å²) in [6.45, 7) is 3.47. The molecule has 0 unspecified atom stereocenters. The summed E-state index contributed by atoms with van der Waals surface area (Å²) in [5.74, 6) is -1.87. The molecule has 9 nitrogen and oxygen atoms in total. The first kappa shape index (κ1) is 21.5. The average Bonchev–Trinajstić information content (AvgIpc) is 2.68. The van der Waals surface area contributed by atoms with Crippen molar-refractivity contribution in [1.29, 1.82) is 0 Å². The fourth-order valence-corrected chi connectivity index (χ4v) is 2.64. The van der Waals surface area contributed by atoms with Gasteiger partial charge in [0.2, 0.25) is 5.91 Å². The van der Waals surface area contributed by atoms with Crippen molar-refractivity contribution in [3.05, 3.63) is 68.8 Å². The number of nitrogens with one attached hydrogen (secondary N) is 1. The maximum atomic E-state index is 12.7. The molecule has 0 aliphatic heterocycles. The predicted octanol–water partition coefficient (Wildman–Crippen LogP) is 2.71. The van der Waals surface area contributed by atoms with Crippen LogP contribution < -0.4 is 5.32 Å². The first-order valence-corrected chi connectivity index (χ1v) is 8.62. The Labute approximate surface area is 167 Å². The molecule has 0 heterocycles. The molecular formula is C20H21N3O6. The van der Waals surface area contributed by atoms with E-state index in [4.69, 9.17) is 0 Å². The number of esters is 1. The van der Waals surface area contributed by atoms with Crippen LogP contribution in [0.1, 0.15) is 31.8 Å². The predicted molar refractivity (Wildman–Crippen MR) is 106 cm³/mol. The van der Waals surface area contributed by atoms with Crippen LogP contribution in [0.2, 0.25) is 0 Å². The van der Waals surface area contributed by atoms with E-state index in [0.717, 1.165) is 35.3 Å². The highest BCUT2D eigenvalue weighted by Gasteiger charge is 2.21. The molecular weight excluding hydrogens is 378 g/mol. The molecule has 2 aromatic rings. The summed E-state index contributed by atoms with van der Waals surface area (Å²) < 4.78 is 4.57. The van der Waals surface area contributed by atoms with Gasteiger partial charge in [0.15, 0.2) is 0 Å². The van der Waals surface area contributed by atoms with Crippen LogP contribution >= 0.6 is 0 Å². The van der Waals surface area contributed by atoms with Crippen LogP contribution in [0.5, 0.6) is 0 Å². The topological polar surface area (TPSA) is 119 Å². The van der Waals surface area contributed by atoms with Gasteiger partial charge in [0.05, 0.1) is 24.1 Å². The van der Waals surface area contributed by atoms with Crippen molar-refractivity contribution >= 4 is 29.2 Å². The standard InChI is InChI=1S/C20H21N3O6/c1-12-5-6-13(2)17(7-12)21-18(24)11-22(3)19(25)14-8-15(20(26)29-4)10-16(9-14)23(27)28/h5-10H,11H2,1-4H3,(H,21,24). The van der Waals surface area contributed by atoms with E-state index in [-0.39, 0.29) is 17.7 Å². The molecule has 2 rings (SSSR count). The highest BCUT2D eigenvalue weighted by Crippen LogP contribution is 2.20. The monoisotopic (exact) mass is 399 g/mol. The first-order valence-electron chi connectivity index (χ1n) is 8.62. The van der Waals surface area contributed by atoms with Crippen molar-refractivity contribution in [2.75, 3.05) is 26.0 Å². The van der Waals surface area contributed by atoms with Crippen LogP contribution in [0, 0.1) is 24.0 Å². The number of amides is 2. The smallest absolute Gasteiger partial charge is 0.338 e. The minimum atomic E-state index is -0.807. The van der Waals surface area contributed by atoms with Crippen LogP contribution in [0.15, 0.2) is 36.4 Å². The van der Waals surface area contributed by atoms with Crippen molar-refractivity contribution in [2.24, 2.45) is 0 Å². The molecule has 152 valence electrons. The van der Waals surface area contributed by atoms with Gasteiger partial charge in [-0.15, -0.1) is 0 Å². The number of hydrogen-bond donors (Lipinski definition) is 1. The zero-order chi connectivity index (χ0) is 21.7. The molecule has 0 saturated carbocycles. The van der Waals surface area contributed by atoms with Gasteiger partial charge in [-0.05, 0) is 37.1 Å². The van der Waals surface area contributed by atoms with Crippen molar-refractivity contribution < 1.29 is 24.0 Å². The maximum absolute atomic E-state index is 12.7.